The molecule has 0 radical (unpaired) electrons. The first-order valence-electron chi connectivity index (χ1n) is 7.67. The van der Waals surface area contributed by atoms with Gasteiger partial charge in [-0.3, -0.25) is 9.52 Å². The molecule has 0 fully saturated rings. The fraction of sp³-hybridized carbons (Fsp3) is 0.278. The molecule has 0 aromatic heterocycles. The molecule has 2 rings (SSSR count). The molecule has 2 aromatic carbocycles. The molecule has 0 unspecified atom stereocenters. The Bertz CT molecular complexity index is 786. The van der Waals surface area contributed by atoms with Crippen LogP contribution < -0.4 is 9.46 Å². The van der Waals surface area contributed by atoms with Crippen LogP contribution in [0.2, 0.25) is 0 Å². The van der Waals surface area contributed by atoms with Gasteiger partial charge in [0.2, 0.25) is 15.9 Å². The van der Waals surface area contributed by atoms with Gasteiger partial charge < -0.3 is 4.74 Å². The van der Waals surface area contributed by atoms with E-state index >= 15 is 0 Å². The van der Waals surface area contributed by atoms with Gasteiger partial charge in [0.05, 0.1) is 18.3 Å². The summed E-state index contributed by atoms with van der Waals surface area (Å²) in [6, 6.07) is 15.8. The Morgan fingerprint density at radius 1 is 1.04 bits per heavy atom. The van der Waals surface area contributed by atoms with Gasteiger partial charge in [-0.25, -0.2) is 8.42 Å². The summed E-state index contributed by atoms with van der Waals surface area (Å²) in [5.74, 6) is -0.224. The van der Waals surface area contributed by atoms with Gasteiger partial charge in [0, 0.05) is 5.56 Å². The summed E-state index contributed by atoms with van der Waals surface area (Å²) in [6.07, 6.45) is -0.0901. The second-order valence-corrected chi connectivity index (χ2v) is 7.44. The summed E-state index contributed by atoms with van der Waals surface area (Å²) in [4.78, 5) is 12.1. The van der Waals surface area contributed by atoms with Gasteiger partial charge >= 0.3 is 0 Å². The minimum atomic E-state index is -3.73. The molecule has 0 atom stereocenters. The molecule has 24 heavy (non-hydrogen) atoms. The monoisotopic (exact) mass is 347 g/mol. The third-order valence-electron chi connectivity index (χ3n) is 3.16. The van der Waals surface area contributed by atoms with Crippen LogP contribution in [0.4, 0.5) is 0 Å². The predicted molar refractivity (Wildman–Crippen MR) is 93.1 cm³/mol. The van der Waals surface area contributed by atoms with Crippen molar-refractivity contribution >= 4 is 15.9 Å². The van der Waals surface area contributed by atoms with E-state index in [4.69, 9.17) is 4.74 Å². The van der Waals surface area contributed by atoms with Gasteiger partial charge in [-0.15, -0.1) is 0 Å². The normalized spacial score (nSPS) is 11.3. The van der Waals surface area contributed by atoms with Crippen molar-refractivity contribution in [2.45, 2.75) is 32.1 Å². The van der Waals surface area contributed by atoms with Crippen LogP contribution in [0.5, 0.6) is 5.75 Å². The van der Waals surface area contributed by atoms with Gasteiger partial charge in [0.25, 0.3) is 0 Å². The number of benzene rings is 2. The van der Waals surface area contributed by atoms with E-state index in [1.54, 1.807) is 48.5 Å². The number of amides is 1. The Labute approximate surface area is 142 Å². The largest absolute Gasteiger partial charge is 0.491 e. The van der Waals surface area contributed by atoms with Crippen LogP contribution in [0.1, 0.15) is 25.0 Å². The third-order valence-corrected chi connectivity index (χ3v) is 4.41. The van der Waals surface area contributed by atoms with Crippen molar-refractivity contribution in [3.63, 3.8) is 0 Å². The molecule has 0 aliphatic heterocycles. The van der Waals surface area contributed by atoms with E-state index in [2.05, 4.69) is 4.72 Å². The average molecular weight is 347 g/mol. The minimum absolute atomic E-state index is 0.0315. The Balaban J connectivity index is 2.03. The van der Waals surface area contributed by atoms with Crippen molar-refractivity contribution < 1.29 is 17.9 Å². The van der Waals surface area contributed by atoms with Crippen LogP contribution in [0.3, 0.4) is 0 Å². The zero-order valence-electron chi connectivity index (χ0n) is 13.7. The van der Waals surface area contributed by atoms with E-state index in [9.17, 15) is 13.2 Å². The Kier molecular flexibility index (Phi) is 5.98. The van der Waals surface area contributed by atoms with Crippen LogP contribution in [0.15, 0.2) is 54.6 Å². The lowest BCUT2D eigenvalue weighted by Crippen LogP contribution is -2.32. The Morgan fingerprint density at radius 2 is 1.67 bits per heavy atom. The zero-order valence-corrected chi connectivity index (χ0v) is 14.5. The van der Waals surface area contributed by atoms with E-state index in [1.807, 2.05) is 19.9 Å². The molecule has 6 heteroatoms. The first kappa shape index (κ1) is 18.0. The minimum Gasteiger partial charge on any atom is -0.491 e. The van der Waals surface area contributed by atoms with E-state index in [1.165, 1.54) is 0 Å². The van der Waals surface area contributed by atoms with E-state index < -0.39 is 15.9 Å². The van der Waals surface area contributed by atoms with Crippen molar-refractivity contribution in [2.75, 3.05) is 0 Å². The maximum absolute atomic E-state index is 12.1. The number of carbonyl (C=O) groups is 1. The molecule has 128 valence electrons. The number of hydrogen-bond acceptors (Lipinski definition) is 4. The van der Waals surface area contributed by atoms with Gasteiger partial charge in [-0.2, -0.15) is 0 Å². The molecular formula is C18H21NO4S. The standard InChI is InChI=1S/C18H21NO4S/c1-14(2)23-17-11-7-6-10-16(17)12-18(20)19-24(21,22)13-15-8-4-3-5-9-15/h3-11,14H,12-13H2,1-2H3,(H,19,20). The van der Waals surface area contributed by atoms with Crippen molar-refractivity contribution in [3.05, 3.63) is 65.7 Å². The van der Waals surface area contributed by atoms with Crippen molar-refractivity contribution in [1.82, 2.24) is 4.72 Å². The molecule has 2 aromatic rings. The van der Waals surface area contributed by atoms with Crippen LogP contribution in [0, 0.1) is 0 Å². The van der Waals surface area contributed by atoms with Crippen molar-refractivity contribution in [2.24, 2.45) is 0 Å². The third kappa shape index (κ3) is 5.70. The number of para-hydroxylation sites is 1. The number of hydrogen-bond donors (Lipinski definition) is 1. The molecule has 5 nitrogen and oxygen atoms in total. The summed E-state index contributed by atoms with van der Waals surface area (Å²) in [7, 11) is -3.73. The predicted octanol–water partition coefficient (Wildman–Crippen LogP) is 2.66. The lowest BCUT2D eigenvalue weighted by molar-refractivity contribution is -0.118. The average Bonchev–Trinajstić information content (AvgIpc) is 2.48. The first-order valence-corrected chi connectivity index (χ1v) is 9.33. The van der Waals surface area contributed by atoms with Gasteiger partial charge in [0.15, 0.2) is 0 Å². The summed E-state index contributed by atoms with van der Waals surface area (Å²) in [5, 5.41) is 0. The van der Waals surface area contributed by atoms with Gasteiger partial charge in [0.1, 0.15) is 5.75 Å². The van der Waals surface area contributed by atoms with Crippen LogP contribution >= 0.6 is 0 Å². The summed E-state index contributed by atoms with van der Waals surface area (Å²) < 4.78 is 32.0. The van der Waals surface area contributed by atoms with Gasteiger partial charge in [-0.05, 0) is 25.5 Å². The quantitative estimate of drug-likeness (QED) is 0.836. The highest BCUT2D eigenvalue weighted by molar-refractivity contribution is 7.89. The molecule has 0 heterocycles. The number of sulfonamides is 1. The molecule has 1 N–H and O–H groups in total. The second-order valence-electron chi connectivity index (χ2n) is 5.72. The van der Waals surface area contributed by atoms with Crippen molar-refractivity contribution in [3.8, 4) is 5.75 Å². The summed E-state index contributed by atoms with van der Waals surface area (Å²) in [6.45, 7) is 3.78. The number of rotatable bonds is 7. The van der Waals surface area contributed by atoms with Crippen LogP contribution in [-0.4, -0.2) is 20.4 Å². The maximum Gasteiger partial charge on any atom is 0.239 e. The number of carbonyl (C=O) groups excluding carboxylic acids is 1. The zero-order chi connectivity index (χ0) is 17.6. The molecule has 0 aliphatic rings. The topological polar surface area (TPSA) is 72.5 Å². The molecule has 0 saturated carbocycles. The Morgan fingerprint density at radius 3 is 2.33 bits per heavy atom. The molecule has 0 saturated heterocycles. The number of ether oxygens (including phenoxy) is 1. The first-order chi connectivity index (χ1) is 11.4. The van der Waals surface area contributed by atoms with E-state index in [0.717, 1.165) is 0 Å². The lowest BCUT2D eigenvalue weighted by Gasteiger charge is -2.14. The SMILES string of the molecule is CC(C)Oc1ccccc1CC(=O)NS(=O)(=O)Cc1ccccc1. The molecular weight excluding hydrogens is 326 g/mol. The Hall–Kier alpha value is -2.34. The maximum atomic E-state index is 12.1. The summed E-state index contributed by atoms with van der Waals surface area (Å²) >= 11 is 0. The molecule has 0 aliphatic carbocycles. The fourth-order valence-electron chi connectivity index (χ4n) is 2.23. The van der Waals surface area contributed by atoms with E-state index in [-0.39, 0.29) is 18.3 Å². The van der Waals surface area contributed by atoms with E-state index in [0.29, 0.717) is 16.9 Å². The fourth-order valence-corrected chi connectivity index (χ4v) is 3.35. The molecule has 0 bridgehead atoms. The van der Waals surface area contributed by atoms with Crippen LogP contribution in [0.25, 0.3) is 0 Å². The second kappa shape index (κ2) is 7.97. The molecule has 0 spiro atoms. The highest BCUT2D eigenvalue weighted by Crippen LogP contribution is 2.20. The highest BCUT2D eigenvalue weighted by Gasteiger charge is 2.17. The summed E-state index contributed by atoms with van der Waals surface area (Å²) in [5.41, 5.74) is 1.28. The van der Waals surface area contributed by atoms with Crippen molar-refractivity contribution in [1.29, 1.82) is 0 Å². The smallest absolute Gasteiger partial charge is 0.239 e. The van der Waals surface area contributed by atoms with Gasteiger partial charge in [-0.1, -0.05) is 48.5 Å². The lowest BCUT2D eigenvalue weighted by atomic mass is 10.1. The number of nitrogens with one attached hydrogen (secondary N) is 1. The highest BCUT2D eigenvalue weighted by atomic mass is 32.2. The van der Waals surface area contributed by atoms with Crippen LogP contribution in [-0.2, 0) is 27.0 Å². The molecule has 1 amide bonds.